The average molecular weight is 172 g/mol. The number of anilines is 1. The summed E-state index contributed by atoms with van der Waals surface area (Å²) in [6.07, 6.45) is 1.60. The van der Waals surface area contributed by atoms with E-state index in [0.717, 1.165) is 17.0 Å². The molecule has 1 aromatic carbocycles. The third kappa shape index (κ3) is 1.54. The molecule has 1 heterocycles. The van der Waals surface area contributed by atoms with Gasteiger partial charge in [-0.2, -0.15) is 0 Å². The summed E-state index contributed by atoms with van der Waals surface area (Å²) < 4.78 is 0. The molecule has 0 aliphatic carbocycles. The number of nitrogens with zero attached hydrogens (tertiary/aromatic N) is 1. The monoisotopic (exact) mass is 172 g/mol. The fourth-order valence-electron chi connectivity index (χ4n) is 1.20. The first-order chi connectivity index (χ1) is 6.25. The first kappa shape index (κ1) is 7.86. The van der Waals surface area contributed by atoms with Gasteiger partial charge in [-0.25, -0.2) is 4.98 Å². The topological polar surface area (TPSA) is 54.7 Å². The predicted molar refractivity (Wildman–Crippen MR) is 52.9 cm³/mol. The van der Waals surface area contributed by atoms with Gasteiger partial charge in [0.2, 0.25) is 0 Å². The largest absolute Gasteiger partial charge is 0.384 e. The summed E-state index contributed by atoms with van der Waals surface area (Å²) in [6.45, 7) is 3.84. The highest BCUT2D eigenvalue weighted by Gasteiger charge is 2.00. The number of nitrogens with one attached hydrogen (secondary N) is 1. The van der Waals surface area contributed by atoms with Gasteiger partial charge in [-0.05, 0) is 18.6 Å². The number of hydrogen-bond acceptors (Lipinski definition) is 2. The molecule has 2 rings (SSSR count). The number of imidazole rings is 1. The smallest absolute Gasteiger partial charge is 0.138 e. The van der Waals surface area contributed by atoms with Crippen LogP contribution in [0.25, 0.3) is 11.4 Å². The van der Waals surface area contributed by atoms with E-state index in [2.05, 4.69) is 16.9 Å². The molecule has 1 radical (unpaired) electrons. The Morgan fingerprint density at radius 3 is 2.85 bits per heavy atom. The molecule has 0 saturated carbocycles. The summed E-state index contributed by atoms with van der Waals surface area (Å²) in [4.78, 5) is 7.08. The van der Waals surface area contributed by atoms with E-state index in [-0.39, 0.29) is 0 Å². The average Bonchev–Trinajstić information content (AvgIpc) is 2.52. The molecule has 3 N–H and O–H groups in total. The number of hydrogen-bond donors (Lipinski definition) is 2. The molecule has 0 unspecified atom stereocenters. The van der Waals surface area contributed by atoms with Crippen molar-refractivity contribution in [3.63, 3.8) is 0 Å². The van der Waals surface area contributed by atoms with Crippen molar-refractivity contribution in [2.45, 2.75) is 0 Å². The zero-order valence-corrected chi connectivity index (χ0v) is 7.12. The maximum atomic E-state index is 5.52. The maximum Gasteiger partial charge on any atom is 0.138 e. The molecule has 0 saturated heterocycles. The van der Waals surface area contributed by atoms with E-state index >= 15 is 0 Å². The van der Waals surface area contributed by atoms with Gasteiger partial charge in [0.1, 0.15) is 11.6 Å². The van der Waals surface area contributed by atoms with Gasteiger partial charge < -0.3 is 10.7 Å². The van der Waals surface area contributed by atoms with Gasteiger partial charge >= 0.3 is 0 Å². The lowest BCUT2D eigenvalue weighted by Crippen LogP contribution is -1.84. The standard InChI is InChI=1S/C10H10N3/c1-7-3-2-4-8(5-7)10-12-6-9(11)13-10/h2-6H,1,11H2,(H,12,13). The zero-order valence-electron chi connectivity index (χ0n) is 7.12. The third-order valence-corrected chi connectivity index (χ3v) is 1.80. The molecule has 0 atom stereocenters. The Morgan fingerprint density at radius 1 is 1.38 bits per heavy atom. The van der Waals surface area contributed by atoms with E-state index in [1.807, 2.05) is 24.3 Å². The van der Waals surface area contributed by atoms with Crippen molar-refractivity contribution >= 4 is 5.82 Å². The van der Waals surface area contributed by atoms with Gasteiger partial charge in [0, 0.05) is 5.56 Å². The van der Waals surface area contributed by atoms with Crippen LogP contribution in [0.15, 0.2) is 30.5 Å². The summed E-state index contributed by atoms with van der Waals surface area (Å²) in [7, 11) is 0. The van der Waals surface area contributed by atoms with Gasteiger partial charge in [-0.15, -0.1) is 0 Å². The van der Waals surface area contributed by atoms with Crippen molar-refractivity contribution in [3.05, 3.63) is 42.9 Å². The molecule has 0 spiro atoms. The van der Waals surface area contributed by atoms with Crippen LogP contribution in [-0.2, 0) is 0 Å². The normalized spacial score (nSPS) is 10.2. The molecule has 1 aromatic heterocycles. The molecule has 0 fully saturated rings. The van der Waals surface area contributed by atoms with Crippen LogP contribution in [0.3, 0.4) is 0 Å². The zero-order chi connectivity index (χ0) is 9.26. The lowest BCUT2D eigenvalue weighted by molar-refractivity contribution is 1.31. The van der Waals surface area contributed by atoms with Crippen LogP contribution in [0.5, 0.6) is 0 Å². The lowest BCUT2D eigenvalue weighted by Gasteiger charge is -1.97. The molecule has 0 aliphatic heterocycles. The number of aromatic nitrogens is 2. The summed E-state index contributed by atoms with van der Waals surface area (Å²) in [5.41, 5.74) is 7.49. The van der Waals surface area contributed by atoms with Gasteiger partial charge in [0.05, 0.1) is 6.20 Å². The van der Waals surface area contributed by atoms with Crippen LogP contribution in [0.2, 0.25) is 0 Å². The van der Waals surface area contributed by atoms with Crippen LogP contribution < -0.4 is 5.73 Å². The molecule has 2 aromatic rings. The van der Waals surface area contributed by atoms with E-state index in [1.54, 1.807) is 6.20 Å². The van der Waals surface area contributed by atoms with E-state index < -0.39 is 0 Å². The fourth-order valence-corrected chi connectivity index (χ4v) is 1.20. The first-order valence-corrected chi connectivity index (χ1v) is 3.98. The Kier molecular flexibility index (Phi) is 1.77. The van der Waals surface area contributed by atoms with Crippen molar-refractivity contribution in [2.24, 2.45) is 0 Å². The molecule has 3 nitrogen and oxygen atoms in total. The molecule has 65 valence electrons. The van der Waals surface area contributed by atoms with Gasteiger partial charge in [-0.1, -0.05) is 18.2 Å². The van der Waals surface area contributed by atoms with Crippen LogP contribution >= 0.6 is 0 Å². The van der Waals surface area contributed by atoms with Crippen molar-refractivity contribution in [1.29, 1.82) is 0 Å². The maximum absolute atomic E-state index is 5.52. The molecule has 0 aliphatic rings. The van der Waals surface area contributed by atoms with Crippen LogP contribution in [0, 0.1) is 6.92 Å². The number of nitrogen functional groups attached to an aromatic ring is 1. The Labute approximate surface area is 76.6 Å². The summed E-state index contributed by atoms with van der Waals surface area (Å²) in [6, 6.07) is 7.80. The van der Waals surface area contributed by atoms with Crippen molar-refractivity contribution in [1.82, 2.24) is 9.97 Å². The highest BCUT2D eigenvalue weighted by Crippen LogP contribution is 2.16. The van der Waals surface area contributed by atoms with Crippen molar-refractivity contribution in [2.75, 3.05) is 5.73 Å². The number of aromatic amines is 1. The highest BCUT2D eigenvalue weighted by atomic mass is 15.0. The molecule has 0 bridgehead atoms. The molecular formula is C10H10N3. The molecular weight excluding hydrogens is 162 g/mol. The summed E-state index contributed by atoms with van der Waals surface area (Å²) in [5.74, 6) is 1.35. The van der Waals surface area contributed by atoms with E-state index in [4.69, 9.17) is 5.73 Å². The SMILES string of the molecule is [CH2]c1cccc(-c2ncc(N)[nH]2)c1. The molecule has 13 heavy (non-hydrogen) atoms. The fraction of sp³-hybridized carbons (Fsp3) is 0. The Bertz CT molecular complexity index is 418. The van der Waals surface area contributed by atoms with Crippen LogP contribution in [-0.4, -0.2) is 9.97 Å². The summed E-state index contributed by atoms with van der Waals surface area (Å²) >= 11 is 0. The molecule has 3 heteroatoms. The highest BCUT2D eigenvalue weighted by molar-refractivity contribution is 5.58. The quantitative estimate of drug-likeness (QED) is 0.689. The van der Waals surface area contributed by atoms with Gasteiger partial charge in [-0.3, -0.25) is 0 Å². The third-order valence-electron chi connectivity index (χ3n) is 1.80. The minimum absolute atomic E-state index is 0.574. The number of nitrogens with two attached hydrogens (primary N) is 1. The molecule has 0 amide bonds. The van der Waals surface area contributed by atoms with Crippen molar-refractivity contribution < 1.29 is 0 Å². The van der Waals surface area contributed by atoms with Crippen LogP contribution in [0.4, 0.5) is 5.82 Å². The number of benzene rings is 1. The summed E-state index contributed by atoms with van der Waals surface area (Å²) in [5, 5.41) is 0. The Hall–Kier alpha value is -1.77. The Morgan fingerprint density at radius 2 is 2.23 bits per heavy atom. The second-order valence-corrected chi connectivity index (χ2v) is 2.89. The minimum Gasteiger partial charge on any atom is -0.384 e. The second kappa shape index (κ2) is 2.94. The number of rotatable bonds is 1. The van der Waals surface area contributed by atoms with Gasteiger partial charge in [0.15, 0.2) is 0 Å². The van der Waals surface area contributed by atoms with Gasteiger partial charge in [0.25, 0.3) is 0 Å². The Balaban J connectivity index is 2.46. The minimum atomic E-state index is 0.574. The number of H-pyrrole nitrogens is 1. The van der Waals surface area contributed by atoms with E-state index in [9.17, 15) is 0 Å². The lowest BCUT2D eigenvalue weighted by atomic mass is 10.1. The predicted octanol–water partition coefficient (Wildman–Crippen LogP) is 1.84. The van der Waals surface area contributed by atoms with Crippen LogP contribution in [0.1, 0.15) is 5.56 Å². The van der Waals surface area contributed by atoms with E-state index in [0.29, 0.717) is 5.82 Å². The van der Waals surface area contributed by atoms with E-state index in [1.165, 1.54) is 0 Å². The first-order valence-electron chi connectivity index (χ1n) is 3.98. The van der Waals surface area contributed by atoms with Crippen molar-refractivity contribution in [3.8, 4) is 11.4 Å². The second-order valence-electron chi connectivity index (χ2n) is 2.89.